The highest BCUT2D eigenvalue weighted by molar-refractivity contribution is 5.86. The number of benzene rings is 2. The van der Waals surface area contributed by atoms with E-state index in [1.54, 1.807) is 18.2 Å². The normalized spacial score (nSPS) is 18.6. The number of amides is 2. The predicted octanol–water partition coefficient (Wildman–Crippen LogP) is 1.44. The summed E-state index contributed by atoms with van der Waals surface area (Å²) in [4.78, 5) is 26.6. The Morgan fingerprint density at radius 1 is 1.18 bits per heavy atom. The van der Waals surface area contributed by atoms with Crippen LogP contribution in [0.5, 0.6) is 11.5 Å². The molecular weight excluding hydrogens is 428 g/mol. The minimum absolute atomic E-state index is 0.000301. The third-order valence-electron chi connectivity index (χ3n) is 5.61. The molecule has 0 spiro atoms. The van der Waals surface area contributed by atoms with E-state index in [1.807, 2.05) is 30.3 Å². The molecule has 3 rings (SSSR count). The van der Waals surface area contributed by atoms with Crippen LogP contribution in [0.25, 0.3) is 0 Å². The minimum atomic E-state index is -0.854. The Bertz CT molecular complexity index is 938. The first kappa shape index (κ1) is 24.3. The number of likely N-dealkylation sites (tertiary alicyclic amines) is 1. The van der Waals surface area contributed by atoms with Crippen molar-refractivity contribution in [2.75, 3.05) is 26.8 Å². The fourth-order valence-electron chi connectivity index (χ4n) is 3.83. The number of carbonyl (C=O) groups excluding carboxylic acids is 2. The average Bonchev–Trinajstić information content (AvgIpc) is 3.22. The molecule has 2 aromatic rings. The number of hydrogen-bond acceptors (Lipinski definition) is 7. The fraction of sp³-hybridized carbons (Fsp3) is 0.417. The summed E-state index contributed by atoms with van der Waals surface area (Å²) in [6.45, 7) is 0.0764. The molecule has 0 saturated carbocycles. The second-order valence-corrected chi connectivity index (χ2v) is 8.10. The van der Waals surface area contributed by atoms with Crippen LogP contribution in [0, 0.1) is 5.92 Å². The van der Waals surface area contributed by atoms with Gasteiger partial charge in [-0.2, -0.15) is 0 Å². The molecule has 0 aromatic heterocycles. The van der Waals surface area contributed by atoms with Crippen molar-refractivity contribution in [3.05, 3.63) is 59.7 Å². The monoisotopic (exact) mass is 458 g/mol. The molecule has 4 N–H and O–H groups in total. The third kappa shape index (κ3) is 6.59. The second-order valence-electron chi connectivity index (χ2n) is 8.10. The number of methoxy groups -OCH3 is 1. The van der Waals surface area contributed by atoms with Crippen LogP contribution in [-0.2, 0) is 22.6 Å². The van der Waals surface area contributed by atoms with Crippen LogP contribution < -0.4 is 10.1 Å². The van der Waals surface area contributed by atoms with Crippen molar-refractivity contribution < 1.29 is 34.4 Å². The van der Waals surface area contributed by atoms with E-state index in [2.05, 4.69) is 5.32 Å². The Morgan fingerprint density at radius 3 is 2.61 bits per heavy atom. The molecule has 3 atom stereocenters. The van der Waals surface area contributed by atoms with Crippen LogP contribution in [-0.4, -0.2) is 71.2 Å². The number of aromatic hydroxyl groups is 1. The molecule has 0 bridgehead atoms. The maximum atomic E-state index is 12.8. The molecular formula is C24H30N2O7. The van der Waals surface area contributed by atoms with Gasteiger partial charge >= 0.3 is 6.09 Å². The quantitative estimate of drug-likeness (QED) is 0.448. The van der Waals surface area contributed by atoms with E-state index >= 15 is 0 Å². The van der Waals surface area contributed by atoms with Crippen LogP contribution in [0.4, 0.5) is 4.79 Å². The number of aliphatic hydroxyl groups is 2. The molecule has 0 aliphatic carbocycles. The Balaban J connectivity index is 1.54. The minimum Gasteiger partial charge on any atom is -0.504 e. The van der Waals surface area contributed by atoms with E-state index in [9.17, 15) is 24.9 Å². The summed E-state index contributed by atoms with van der Waals surface area (Å²) in [6.07, 6.45) is -0.948. The van der Waals surface area contributed by atoms with E-state index in [0.717, 1.165) is 11.1 Å². The summed E-state index contributed by atoms with van der Waals surface area (Å²) in [5.41, 5.74) is 1.60. The zero-order valence-corrected chi connectivity index (χ0v) is 18.5. The number of rotatable bonds is 9. The first-order chi connectivity index (χ1) is 15.9. The van der Waals surface area contributed by atoms with E-state index in [4.69, 9.17) is 9.47 Å². The summed E-state index contributed by atoms with van der Waals surface area (Å²) >= 11 is 0. The number of hydrogen-bond donors (Lipinski definition) is 4. The molecule has 0 radical (unpaired) electrons. The summed E-state index contributed by atoms with van der Waals surface area (Å²) in [7, 11) is 1.46. The highest BCUT2D eigenvalue weighted by atomic mass is 16.6. The Morgan fingerprint density at radius 2 is 1.94 bits per heavy atom. The largest absolute Gasteiger partial charge is 0.504 e. The second kappa shape index (κ2) is 11.5. The lowest BCUT2D eigenvalue weighted by atomic mass is 9.99. The van der Waals surface area contributed by atoms with Gasteiger partial charge in [0.05, 0.1) is 19.8 Å². The van der Waals surface area contributed by atoms with Gasteiger partial charge in [0.25, 0.3) is 0 Å². The number of β-amino-alcohol motifs (C(OH)–C–C–N with tert-alkyl or cyclic N) is 1. The van der Waals surface area contributed by atoms with Gasteiger partial charge in [0.15, 0.2) is 11.5 Å². The van der Waals surface area contributed by atoms with E-state index < -0.39 is 24.1 Å². The summed E-state index contributed by atoms with van der Waals surface area (Å²) in [6, 6.07) is 13.3. The Hall–Kier alpha value is -3.30. The van der Waals surface area contributed by atoms with Gasteiger partial charge in [-0.25, -0.2) is 4.79 Å². The molecule has 1 aliphatic heterocycles. The molecule has 9 heteroatoms. The van der Waals surface area contributed by atoms with Gasteiger partial charge < -0.3 is 30.1 Å². The number of phenols is 1. The zero-order chi connectivity index (χ0) is 23.8. The lowest BCUT2D eigenvalue weighted by molar-refractivity contribution is -0.125. The van der Waals surface area contributed by atoms with Crippen molar-refractivity contribution in [2.45, 2.75) is 31.6 Å². The zero-order valence-electron chi connectivity index (χ0n) is 18.5. The van der Waals surface area contributed by atoms with Crippen molar-refractivity contribution in [3.63, 3.8) is 0 Å². The molecule has 2 amide bonds. The topological polar surface area (TPSA) is 129 Å². The van der Waals surface area contributed by atoms with Gasteiger partial charge in [-0.1, -0.05) is 36.4 Å². The molecule has 1 fully saturated rings. The average molecular weight is 459 g/mol. The number of phenolic OH excluding ortho intramolecular Hbond substituents is 1. The number of ether oxygens (including phenoxy) is 2. The summed E-state index contributed by atoms with van der Waals surface area (Å²) in [5.74, 6) is -0.363. The highest BCUT2D eigenvalue weighted by Crippen LogP contribution is 2.27. The van der Waals surface area contributed by atoms with E-state index in [-0.39, 0.29) is 44.4 Å². The molecule has 2 aromatic carbocycles. The van der Waals surface area contributed by atoms with E-state index in [1.165, 1.54) is 12.0 Å². The van der Waals surface area contributed by atoms with Crippen molar-refractivity contribution in [1.82, 2.24) is 10.2 Å². The summed E-state index contributed by atoms with van der Waals surface area (Å²) < 4.78 is 10.3. The van der Waals surface area contributed by atoms with Gasteiger partial charge in [0.1, 0.15) is 12.6 Å². The molecule has 1 saturated heterocycles. The predicted molar refractivity (Wildman–Crippen MR) is 120 cm³/mol. The standard InChI is InChI=1S/C24H30N2O7/c1-32-22-8-7-17(10-21(22)29)9-18(14-27)12-25-23(30)20-11-19(28)13-26(20)24(31)33-15-16-5-3-2-4-6-16/h2-8,10,18-20,27-29H,9,11-15H2,1H3,(H,25,30)/t18?,19-,20+/m1/s1. The first-order valence-corrected chi connectivity index (χ1v) is 10.8. The van der Waals surface area contributed by atoms with Gasteiger partial charge in [-0.15, -0.1) is 0 Å². The molecule has 1 unspecified atom stereocenters. The number of carbonyl (C=O) groups is 2. The Labute approximate surface area is 192 Å². The third-order valence-corrected chi connectivity index (χ3v) is 5.61. The Kier molecular flexibility index (Phi) is 8.51. The maximum Gasteiger partial charge on any atom is 0.410 e. The lowest BCUT2D eigenvalue weighted by Gasteiger charge is -2.24. The first-order valence-electron chi connectivity index (χ1n) is 10.8. The van der Waals surface area contributed by atoms with Crippen molar-refractivity contribution in [3.8, 4) is 11.5 Å². The highest BCUT2D eigenvalue weighted by Gasteiger charge is 2.39. The van der Waals surface area contributed by atoms with Crippen LogP contribution in [0.15, 0.2) is 48.5 Å². The van der Waals surface area contributed by atoms with E-state index in [0.29, 0.717) is 12.2 Å². The maximum absolute atomic E-state index is 12.8. The fourth-order valence-corrected chi connectivity index (χ4v) is 3.83. The molecule has 1 heterocycles. The smallest absolute Gasteiger partial charge is 0.410 e. The van der Waals surface area contributed by atoms with Crippen molar-refractivity contribution >= 4 is 12.0 Å². The summed E-state index contributed by atoms with van der Waals surface area (Å²) in [5, 5.41) is 32.5. The van der Waals surface area contributed by atoms with Crippen LogP contribution in [0.3, 0.4) is 0 Å². The molecule has 1 aliphatic rings. The van der Waals surface area contributed by atoms with Gasteiger partial charge in [0.2, 0.25) is 5.91 Å². The molecule has 33 heavy (non-hydrogen) atoms. The van der Waals surface area contributed by atoms with Gasteiger partial charge in [-0.3, -0.25) is 9.69 Å². The van der Waals surface area contributed by atoms with Crippen molar-refractivity contribution in [1.29, 1.82) is 0 Å². The van der Waals surface area contributed by atoms with Crippen LogP contribution in [0.2, 0.25) is 0 Å². The molecule has 178 valence electrons. The van der Waals surface area contributed by atoms with Crippen LogP contribution in [0.1, 0.15) is 17.5 Å². The number of nitrogens with zero attached hydrogens (tertiary/aromatic N) is 1. The van der Waals surface area contributed by atoms with Gasteiger partial charge in [0, 0.05) is 25.5 Å². The van der Waals surface area contributed by atoms with Crippen molar-refractivity contribution in [2.24, 2.45) is 5.92 Å². The molecule has 9 nitrogen and oxygen atoms in total. The van der Waals surface area contributed by atoms with Gasteiger partial charge in [-0.05, 0) is 29.7 Å². The van der Waals surface area contributed by atoms with Crippen LogP contribution >= 0.6 is 0 Å². The number of aliphatic hydroxyl groups excluding tert-OH is 2. The SMILES string of the molecule is COc1ccc(CC(CO)CNC(=O)[C@@H]2C[C@@H](O)CN2C(=O)OCc2ccccc2)cc1O. The number of nitrogens with one attached hydrogen (secondary N) is 1. The lowest BCUT2D eigenvalue weighted by Crippen LogP contribution is -2.47.